The highest BCUT2D eigenvalue weighted by Gasteiger charge is 2.21. The fourth-order valence-corrected chi connectivity index (χ4v) is 2.74. The molecule has 1 heterocycles. The molecule has 0 aliphatic carbocycles. The van der Waals surface area contributed by atoms with E-state index >= 15 is 0 Å². The van der Waals surface area contributed by atoms with Gasteiger partial charge in [0.05, 0.1) is 0 Å². The van der Waals surface area contributed by atoms with Crippen LogP contribution in [0.3, 0.4) is 0 Å². The lowest BCUT2D eigenvalue weighted by Crippen LogP contribution is -2.41. The Morgan fingerprint density at radius 2 is 2.26 bits per heavy atom. The van der Waals surface area contributed by atoms with Crippen LogP contribution in [0.4, 0.5) is 4.39 Å². The number of nitrogens with one attached hydrogen (secondary N) is 1. The van der Waals surface area contributed by atoms with Gasteiger partial charge in [-0.2, -0.15) is 0 Å². The first-order valence-electron chi connectivity index (χ1n) is 6.96. The van der Waals surface area contributed by atoms with Crippen molar-refractivity contribution in [2.75, 3.05) is 19.6 Å². The summed E-state index contributed by atoms with van der Waals surface area (Å²) in [7, 11) is 0. The first-order valence-corrected chi connectivity index (χ1v) is 7.34. The average Bonchev–Trinajstić information content (AvgIpc) is 2.59. The Kier molecular flexibility index (Phi) is 5.20. The van der Waals surface area contributed by atoms with Gasteiger partial charge >= 0.3 is 0 Å². The predicted octanol–water partition coefficient (Wildman–Crippen LogP) is 3.30. The Balaban J connectivity index is 2.08. The third-order valence-corrected chi connectivity index (χ3v) is 4.11. The summed E-state index contributed by atoms with van der Waals surface area (Å²) in [6.07, 6.45) is 1.09. The Hall–Kier alpha value is -0.640. The maximum absolute atomic E-state index is 13.8. The van der Waals surface area contributed by atoms with Crippen LogP contribution < -0.4 is 5.32 Å². The van der Waals surface area contributed by atoms with E-state index < -0.39 is 0 Å². The van der Waals surface area contributed by atoms with E-state index in [0.29, 0.717) is 29.1 Å². The van der Waals surface area contributed by atoms with Gasteiger partial charge in [-0.25, -0.2) is 4.39 Å². The summed E-state index contributed by atoms with van der Waals surface area (Å²) >= 11 is 6.11. The summed E-state index contributed by atoms with van der Waals surface area (Å²) in [6.45, 7) is 8.00. The molecular weight excluding hydrogens is 263 g/mol. The fourth-order valence-electron chi connectivity index (χ4n) is 2.52. The lowest BCUT2D eigenvalue weighted by molar-refractivity contribution is 0.236. The standard InChI is InChI=1S/C15H22ClFN2/c1-11(2)15-10-19(8-4-7-18-15)9-12-13(16)5-3-6-14(12)17/h3,5-6,11,15,18H,4,7-10H2,1-2H3. The van der Waals surface area contributed by atoms with Crippen molar-refractivity contribution >= 4 is 11.6 Å². The largest absolute Gasteiger partial charge is 0.312 e. The van der Waals surface area contributed by atoms with Crippen molar-refractivity contribution in [2.24, 2.45) is 5.92 Å². The van der Waals surface area contributed by atoms with Crippen LogP contribution in [0.25, 0.3) is 0 Å². The maximum Gasteiger partial charge on any atom is 0.129 e. The van der Waals surface area contributed by atoms with Crippen LogP contribution in [0.1, 0.15) is 25.8 Å². The normalized spacial score (nSPS) is 21.6. The molecule has 0 saturated carbocycles. The van der Waals surface area contributed by atoms with E-state index in [2.05, 4.69) is 24.1 Å². The molecule has 1 aromatic carbocycles. The van der Waals surface area contributed by atoms with Gasteiger partial charge in [-0.1, -0.05) is 31.5 Å². The van der Waals surface area contributed by atoms with Crippen molar-refractivity contribution in [3.8, 4) is 0 Å². The number of halogens is 2. The lowest BCUT2D eigenvalue weighted by Gasteiger charge is -2.27. The molecule has 1 unspecified atom stereocenters. The SMILES string of the molecule is CC(C)C1CN(Cc2c(F)cccc2Cl)CCCN1. The third-order valence-electron chi connectivity index (χ3n) is 3.76. The van der Waals surface area contributed by atoms with Crippen LogP contribution >= 0.6 is 11.6 Å². The Morgan fingerprint density at radius 3 is 2.95 bits per heavy atom. The van der Waals surface area contributed by atoms with E-state index in [0.717, 1.165) is 26.1 Å². The smallest absolute Gasteiger partial charge is 0.129 e. The third kappa shape index (κ3) is 3.91. The lowest BCUT2D eigenvalue weighted by atomic mass is 10.0. The van der Waals surface area contributed by atoms with Gasteiger partial charge in [-0.3, -0.25) is 4.90 Å². The second-order valence-corrected chi connectivity index (χ2v) is 6.00. The summed E-state index contributed by atoms with van der Waals surface area (Å²) in [4.78, 5) is 2.30. The Labute approximate surface area is 119 Å². The van der Waals surface area contributed by atoms with E-state index in [4.69, 9.17) is 11.6 Å². The summed E-state index contributed by atoms with van der Waals surface area (Å²) in [5, 5.41) is 4.08. The molecule has 0 radical (unpaired) electrons. The summed E-state index contributed by atoms with van der Waals surface area (Å²) < 4.78 is 13.8. The van der Waals surface area contributed by atoms with Crippen molar-refractivity contribution in [1.29, 1.82) is 0 Å². The van der Waals surface area contributed by atoms with E-state index in [1.54, 1.807) is 12.1 Å². The fraction of sp³-hybridized carbons (Fsp3) is 0.600. The van der Waals surface area contributed by atoms with Gasteiger partial charge in [0.15, 0.2) is 0 Å². The van der Waals surface area contributed by atoms with Gasteiger partial charge in [0.25, 0.3) is 0 Å². The molecule has 0 aromatic heterocycles. The Bertz CT molecular complexity index is 402. The van der Waals surface area contributed by atoms with Crippen LogP contribution in [0, 0.1) is 11.7 Å². The first-order chi connectivity index (χ1) is 9.08. The molecule has 1 saturated heterocycles. The van der Waals surface area contributed by atoms with Crippen molar-refractivity contribution in [3.05, 3.63) is 34.6 Å². The summed E-state index contributed by atoms with van der Waals surface area (Å²) in [5.41, 5.74) is 0.619. The highest BCUT2D eigenvalue weighted by Crippen LogP contribution is 2.22. The quantitative estimate of drug-likeness (QED) is 0.916. The number of nitrogens with zero attached hydrogens (tertiary/aromatic N) is 1. The van der Waals surface area contributed by atoms with Crippen LogP contribution in [-0.2, 0) is 6.54 Å². The zero-order valence-electron chi connectivity index (χ0n) is 11.6. The monoisotopic (exact) mass is 284 g/mol. The van der Waals surface area contributed by atoms with E-state index in [1.165, 1.54) is 6.07 Å². The van der Waals surface area contributed by atoms with E-state index in [1.807, 2.05) is 0 Å². The minimum atomic E-state index is -0.203. The molecule has 1 aromatic rings. The minimum absolute atomic E-state index is 0.203. The van der Waals surface area contributed by atoms with Crippen molar-refractivity contribution < 1.29 is 4.39 Å². The van der Waals surface area contributed by atoms with Gasteiger partial charge in [-0.15, -0.1) is 0 Å². The van der Waals surface area contributed by atoms with Crippen LogP contribution in [0.15, 0.2) is 18.2 Å². The average molecular weight is 285 g/mol. The maximum atomic E-state index is 13.8. The summed E-state index contributed by atoms with van der Waals surface area (Å²) in [5.74, 6) is 0.377. The molecule has 1 aliphatic heterocycles. The summed E-state index contributed by atoms with van der Waals surface area (Å²) in [6, 6.07) is 5.36. The van der Waals surface area contributed by atoms with Gasteiger partial charge in [0.2, 0.25) is 0 Å². The van der Waals surface area contributed by atoms with E-state index in [-0.39, 0.29) is 5.82 Å². The van der Waals surface area contributed by atoms with Gasteiger partial charge in [0, 0.05) is 29.7 Å². The Morgan fingerprint density at radius 1 is 1.47 bits per heavy atom. The van der Waals surface area contributed by atoms with E-state index in [9.17, 15) is 4.39 Å². The predicted molar refractivity (Wildman–Crippen MR) is 77.9 cm³/mol. The molecule has 1 atom stereocenters. The molecule has 1 aliphatic rings. The second kappa shape index (κ2) is 6.69. The molecule has 1 fully saturated rings. The minimum Gasteiger partial charge on any atom is -0.312 e. The zero-order valence-corrected chi connectivity index (χ0v) is 12.4. The first kappa shape index (κ1) is 14.8. The topological polar surface area (TPSA) is 15.3 Å². The molecule has 0 spiro atoms. The zero-order chi connectivity index (χ0) is 13.8. The van der Waals surface area contributed by atoms with Crippen LogP contribution in [0.2, 0.25) is 5.02 Å². The van der Waals surface area contributed by atoms with Gasteiger partial charge in [0.1, 0.15) is 5.82 Å². The van der Waals surface area contributed by atoms with Crippen molar-refractivity contribution in [3.63, 3.8) is 0 Å². The highest BCUT2D eigenvalue weighted by atomic mass is 35.5. The molecule has 0 bridgehead atoms. The molecule has 1 N–H and O–H groups in total. The number of rotatable bonds is 3. The van der Waals surface area contributed by atoms with Crippen molar-refractivity contribution in [1.82, 2.24) is 10.2 Å². The molecular formula is C15H22ClFN2. The highest BCUT2D eigenvalue weighted by molar-refractivity contribution is 6.31. The second-order valence-electron chi connectivity index (χ2n) is 5.59. The number of hydrogen-bond donors (Lipinski definition) is 1. The molecule has 2 rings (SSSR count). The number of benzene rings is 1. The molecule has 19 heavy (non-hydrogen) atoms. The molecule has 4 heteroatoms. The molecule has 0 amide bonds. The van der Waals surface area contributed by atoms with Gasteiger partial charge in [-0.05, 0) is 37.6 Å². The van der Waals surface area contributed by atoms with Crippen LogP contribution in [0.5, 0.6) is 0 Å². The molecule has 106 valence electrons. The number of hydrogen-bond acceptors (Lipinski definition) is 2. The van der Waals surface area contributed by atoms with Gasteiger partial charge < -0.3 is 5.32 Å². The molecule has 2 nitrogen and oxygen atoms in total. The van der Waals surface area contributed by atoms with Crippen molar-refractivity contribution in [2.45, 2.75) is 32.9 Å². The van der Waals surface area contributed by atoms with Crippen LogP contribution in [-0.4, -0.2) is 30.6 Å².